The number of hydrogen-bond acceptors (Lipinski definition) is 4. The molecule has 2 aromatic carbocycles. The molecule has 0 aromatic heterocycles. The molecule has 1 saturated carbocycles. The van der Waals surface area contributed by atoms with Gasteiger partial charge in [0.05, 0.1) is 18.1 Å². The van der Waals surface area contributed by atoms with Crippen molar-refractivity contribution in [2.24, 2.45) is 0 Å². The van der Waals surface area contributed by atoms with E-state index in [1.807, 2.05) is 40.1 Å². The fraction of sp³-hybridized carbons (Fsp3) is 0.481. The number of methoxy groups -OCH3 is 1. The predicted octanol–water partition coefficient (Wildman–Crippen LogP) is 3.53. The maximum absolute atomic E-state index is 14.2. The summed E-state index contributed by atoms with van der Waals surface area (Å²) < 4.78 is 5.35. The number of benzene rings is 2. The van der Waals surface area contributed by atoms with Crippen molar-refractivity contribution in [3.05, 3.63) is 65.7 Å². The zero-order valence-electron chi connectivity index (χ0n) is 19.4. The maximum Gasteiger partial charge on any atom is 0.254 e. The van der Waals surface area contributed by atoms with Crippen LogP contribution >= 0.6 is 0 Å². The fourth-order valence-corrected chi connectivity index (χ4v) is 6.16. The Kier molecular flexibility index (Phi) is 6.11. The molecule has 1 saturated heterocycles. The first-order valence-electron chi connectivity index (χ1n) is 12.1. The maximum atomic E-state index is 14.2. The third kappa shape index (κ3) is 3.80. The fourth-order valence-electron chi connectivity index (χ4n) is 6.16. The average Bonchev–Trinajstić information content (AvgIpc) is 3.34. The van der Waals surface area contributed by atoms with Gasteiger partial charge < -0.3 is 19.4 Å². The number of rotatable bonds is 5. The van der Waals surface area contributed by atoms with Crippen LogP contribution in [0.1, 0.15) is 47.5 Å². The summed E-state index contributed by atoms with van der Waals surface area (Å²) in [5, 5.41) is 0. The van der Waals surface area contributed by atoms with Gasteiger partial charge in [-0.15, -0.1) is 0 Å². The molecule has 2 aliphatic heterocycles. The minimum absolute atomic E-state index is 0.0440. The molecule has 174 valence electrons. The van der Waals surface area contributed by atoms with Gasteiger partial charge in [0, 0.05) is 51.1 Å². The van der Waals surface area contributed by atoms with E-state index in [9.17, 15) is 9.59 Å². The summed E-state index contributed by atoms with van der Waals surface area (Å²) in [7, 11) is 1.67. The van der Waals surface area contributed by atoms with E-state index in [2.05, 4.69) is 29.2 Å². The number of ether oxygens (including phenoxy) is 1. The van der Waals surface area contributed by atoms with Crippen LogP contribution in [0.15, 0.2) is 54.6 Å². The lowest BCUT2D eigenvalue weighted by Crippen LogP contribution is -2.62. The topological polar surface area (TPSA) is 53.1 Å². The van der Waals surface area contributed by atoms with Crippen LogP contribution in [-0.2, 0) is 9.53 Å². The van der Waals surface area contributed by atoms with Crippen LogP contribution < -0.4 is 4.90 Å². The lowest BCUT2D eigenvalue weighted by Gasteiger charge is -2.51. The quantitative estimate of drug-likeness (QED) is 0.704. The summed E-state index contributed by atoms with van der Waals surface area (Å²) >= 11 is 0. The van der Waals surface area contributed by atoms with E-state index in [1.165, 1.54) is 5.69 Å². The smallest absolute Gasteiger partial charge is 0.254 e. The first-order valence-corrected chi connectivity index (χ1v) is 12.1. The summed E-state index contributed by atoms with van der Waals surface area (Å²) in [6, 6.07) is 18.1. The normalized spacial score (nSPS) is 22.0. The number of piperazine rings is 1. The summed E-state index contributed by atoms with van der Waals surface area (Å²) in [5.41, 5.74) is 2.34. The van der Waals surface area contributed by atoms with Gasteiger partial charge in [0.25, 0.3) is 5.91 Å². The van der Waals surface area contributed by atoms with Crippen LogP contribution in [0.5, 0.6) is 0 Å². The molecular formula is C27H33N3O3. The molecule has 0 bridgehead atoms. The second kappa shape index (κ2) is 9.18. The van der Waals surface area contributed by atoms with Gasteiger partial charge in [-0.2, -0.15) is 0 Å². The highest BCUT2D eigenvalue weighted by molar-refractivity contribution is 6.02. The molecule has 2 amide bonds. The SMILES string of the molecule is COCCN1C(=O)c2ccccc2[C@@H](C(=O)N2CCN(c3ccccc3)CC2)C12CCCC2. The molecule has 1 spiro atoms. The summed E-state index contributed by atoms with van der Waals surface area (Å²) in [4.78, 5) is 34.1. The van der Waals surface area contributed by atoms with Crippen LogP contribution in [0.3, 0.4) is 0 Å². The number of carbonyl (C=O) groups excluding carboxylic acids is 2. The molecule has 3 aliphatic rings. The molecule has 1 atom stereocenters. The Morgan fingerprint density at radius 2 is 1.64 bits per heavy atom. The molecule has 33 heavy (non-hydrogen) atoms. The van der Waals surface area contributed by atoms with Gasteiger partial charge in [-0.1, -0.05) is 49.2 Å². The number of amides is 2. The van der Waals surface area contributed by atoms with E-state index in [0.29, 0.717) is 31.8 Å². The van der Waals surface area contributed by atoms with Gasteiger partial charge in [-0.05, 0) is 36.6 Å². The second-order valence-corrected chi connectivity index (χ2v) is 9.43. The average molecular weight is 448 g/mol. The third-order valence-corrected chi connectivity index (χ3v) is 7.77. The molecule has 0 N–H and O–H groups in total. The van der Waals surface area contributed by atoms with Crippen LogP contribution in [0, 0.1) is 0 Å². The number of anilines is 1. The Hall–Kier alpha value is -2.86. The molecule has 2 fully saturated rings. The molecule has 6 heteroatoms. The van der Waals surface area contributed by atoms with E-state index in [-0.39, 0.29) is 17.7 Å². The number of fused-ring (bicyclic) bond motifs is 1. The van der Waals surface area contributed by atoms with Crippen molar-refractivity contribution in [2.75, 3.05) is 51.3 Å². The Morgan fingerprint density at radius 3 is 2.33 bits per heavy atom. The van der Waals surface area contributed by atoms with E-state index >= 15 is 0 Å². The first-order chi connectivity index (χ1) is 16.2. The summed E-state index contributed by atoms with van der Waals surface area (Å²) in [5.74, 6) is -0.0940. The number of para-hydroxylation sites is 1. The van der Waals surface area contributed by atoms with Crippen LogP contribution in [0.25, 0.3) is 0 Å². The van der Waals surface area contributed by atoms with Gasteiger partial charge in [0.1, 0.15) is 0 Å². The van der Waals surface area contributed by atoms with Crippen LogP contribution in [0.2, 0.25) is 0 Å². The van der Waals surface area contributed by atoms with Crippen LogP contribution in [0.4, 0.5) is 5.69 Å². The van der Waals surface area contributed by atoms with Gasteiger partial charge in [-0.3, -0.25) is 9.59 Å². The van der Waals surface area contributed by atoms with Gasteiger partial charge in [-0.25, -0.2) is 0 Å². The lowest BCUT2D eigenvalue weighted by atomic mass is 9.70. The van der Waals surface area contributed by atoms with Crippen molar-refractivity contribution in [1.29, 1.82) is 0 Å². The van der Waals surface area contributed by atoms with E-state index in [4.69, 9.17) is 4.74 Å². The van der Waals surface area contributed by atoms with Crippen molar-refractivity contribution in [1.82, 2.24) is 9.80 Å². The molecule has 6 nitrogen and oxygen atoms in total. The molecule has 2 aromatic rings. The Balaban J connectivity index is 1.45. The molecule has 0 unspecified atom stereocenters. The van der Waals surface area contributed by atoms with Gasteiger partial charge >= 0.3 is 0 Å². The zero-order valence-corrected chi connectivity index (χ0v) is 19.4. The third-order valence-electron chi connectivity index (χ3n) is 7.77. The molecular weight excluding hydrogens is 414 g/mol. The number of hydrogen-bond donors (Lipinski definition) is 0. The summed E-state index contributed by atoms with van der Waals surface area (Å²) in [6.45, 7) is 4.05. The van der Waals surface area contributed by atoms with Gasteiger partial charge in [0.2, 0.25) is 5.91 Å². The predicted molar refractivity (Wildman–Crippen MR) is 129 cm³/mol. The highest BCUT2D eigenvalue weighted by Gasteiger charge is 2.56. The van der Waals surface area contributed by atoms with E-state index in [1.54, 1.807) is 7.11 Å². The van der Waals surface area contributed by atoms with E-state index in [0.717, 1.165) is 44.3 Å². The largest absolute Gasteiger partial charge is 0.383 e. The lowest BCUT2D eigenvalue weighted by molar-refractivity contribution is -0.137. The molecule has 5 rings (SSSR count). The van der Waals surface area contributed by atoms with Crippen molar-refractivity contribution in [2.45, 2.75) is 37.1 Å². The van der Waals surface area contributed by atoms with Crippen molar-refractivity contribution in [3.63, 3.8) is 0 Å². The number of carbonyl (C=O) groups is 2. The molecule has 0 radical (unpaired) electrons. The second-order valence-electron chi connectivity index (χ2n) is 9.43. The first kappa shape index (κ1) is 22.0. The molecule has 1 aliphatic carbocycles. The van der Waals surface area contributed by atoms with Gasteiger partial charge in [0.15, 0.2) is 0 Å². The van der Waals surface area contributed by atoms with Crippen molar-refractivity contribution in [3.8, 4) is 0 Å². The Morgan fingerprint density at radius 1 is 0.970 bits per heavy atom. The zero-order chi connectivity index (χ0) is 22.8. The Bertz CT molecular complexity index is 995. The Labute approximate surface area is 196 Å². The number of nitrogens with zero attached hydrogens (tertiary/aromatic N) is 3. The highest BCUT2D eigenvalue weighted by Crippen LogP contribution is 2.50. The monoisotopic (exact) mass is 447 g/mol. The van der Waals surface area contributed by atoms with Crippen molar-refractivity contribution < 1.29 is 14.3 Å². The van der Waals surface area contributed by atoms with Crippen molar-refractivity contribution >= 4 is 17.5 Å². The van der Waals surface area contributed by atoms with E-state index < -0.39 is 5.54 Å². The molecule has 2 heterocycles. The summed E-state index contributed by atoms with van der Waals surface area (Å²) in [6.07, 6.45) is 3.84. The van der Waals surface area contributed by atoms with Crippen LogP contribution in [-0.4, -0.2) is 73.6 Å². The standard InChI is InChI=1S/C27H33N3O3/c1-33-20-19-30-25(31)23-12-6-5-11-22(23)24(27(30)13-7-8-14-27)26(32)29-17-15-28(16-18-29)21-9-3-2-4-10-21/h2-6,9-12,24H,7-8,13-20H2,1H3/t24-/m0/s1. The highest BCUT2D eigenvalue weighted by atomic mass is 16.5. The minimum atomic E-state index is -0.447. The minimum Gasteiger partial charge on any atom is -0.383 e.